The zero-order valence-corrected chi connectivity index (χ0v) is 13.2. The van der Waals surface area contributed by atoms with E-state index >= 15 is 0 Å². The van der Waals surface area contributed by atoms with E-state index in [4.69, 9.17) is 16.7 Å². The molecule has 0 heterocycles. The van der Waals surface area contributed by atoms with E-state index in [0.717, 1.165) is 0 Å². The Bertz CT molecular complexity index is 600. The second-order valence-electron chi connectivity index (χ2n) is 4.57. The molecule has 0 amide bonds. The summed E-state index contributed by atoms with van der Waals surface area (Å²) in [7, 11) is -3.76. The van der Waals surface area contributed by atoms with Gasteiger partial charge in [0.1, 0.15) is 0 Å². The highest BCUT2D eigenvalue weighted by Crippen LogP contribution is 2.25. The lowest BCUT2D eigenvalue weighted by molar-refractivity contribution is -0.137. The summed E-state index contributed by atoms with van der Waals surface area (Å²) >= 11 is 5.86. The molecule has 1 rings (SSSR count). The maximum Gasteiger partial charge on any atom is 0.304 e. The third-order valence-electron chi connectivity index (χ3n) is 3.01. The van der Waals surface area contributed by atoms with E-state index in [0.29, 0.717) is 10.6 Å². The van der Waals surface area contributed by atoms with Crippen LogP contribution in [0, 0.1) is 6.92 Å². The highest BCUT2D eigenvalue weighted by molar-refractivity contribution is 7.89. The molecule has 1 aromatic rings. The van der Waals surface area contributed by atoms with Crippen molar-refractivity contribution in [2.45, 2.75) is 38.1 Å². The fraction of sp³-hybridized carbons (Fsp3) is 0.462. The van der Waals surface area contributed by atoms with Crippen molar-refractivity contribution in [3.8, 4) is 0 Å². The second-order valence-corrected chi connectivity index (χ2v) is 6.86. The molecule has 0 fully saturated rings. The molecule has 0 bridgehead atoms. The van der Waals surface area contributed by atoms with Gasteiger partial charge in [0.15, 0.2) is 0 Å². The molecule has 1 atom stereocenters. The van der Waals surface area contributed by atoms with Crippen molar-refractivity contribution < 1.29 is 18.3 Å². The summed E-state index contributed by atoms with van der Waals surface area (Å²) in [6.45, 7) is 5.13. The minimum atomic E-state index is -3.76. The van der Waals surface area contributed by atoms with Crippen molar-refractivity contribution in [3.63, 3.8) is 0 Å². The van der Waals surface area contributed by atoms with Crippen LogP contribution < -0.4 is 0 Å². The first-order valence-corrected chi connectivity index (χ1v) is 8.01. The molecule has 0 aliphatic heterocycles. The zero-order chi connectivity index (χ0) is 15.5. The molecule has 0 spiro atoms. The van der Waals surface area contributed by atoms with E-state index < -0.39 is 22.0 Å². The fourth-order valence-electron chi connectivity index (χ4n) is 2.05. The van der Waals surface area contributed by atoms with Crippen LogP contribution in [0.4, 0.5) is 0 Å². The van der Waals surface area contributed by atoms with Crippen LogP contribution in [0.15, 0.2) is 23.1 Å². The van der Waals surface area contributed by atoms with Gasteiger partial charge in [-0.3, -0.25) is 4.79 Å². The Morgan fingerprint density at radius 2 is 2.05 bits per heavy atom. The molecule has 1 aromatic carbocycles. The van der Waals surface area contributed by atoms with Crippen molar-refractivity contribution in [2.24, 2.45) is 0 Å². The summed E-state index contributed by atoms with van der Waals surface area (Å²) in [5, 5.41) is 9.15. The van der Waals surface area contributed by atoms with Crippen molar-refractivity contribution in [1.82, 2.24) is 4.31 Å². The Morgan fingerprint density at radius 1 is 1.45 bits per heavy atom. The Balaban J connectivity index is 3.25. The summed E-state index contributed by atoms with van der Waals surface area (Å²) in [5.74, 6) is -1.03. The first kappa shape index (κ1) is 16.9. The van der Waals surface area contributed by atoms with Crippen LogP contribution in [0.5, 0.6) is 0 Å². The third-order valence-corrected chi connectivity index (χ3v) is 5.48. The van der Waals surface area contributed by atoms with E-state index in [1.165, 1.54) is 10.4 Å². The minimum absolute atomic E-state index is 0.115. The average molecular weight is 320 g/mol. The highest BCUT2D eigenvalue weighted by atomic mass is 35.5. The summed E-state index contributed by atoms with van der Waals surface area (Å²) in [4.78, 5) is 10.9. The molecule has 0 saturated carbocycles. The van der Waals surface area contributed by atoms with Gasteiger partial charge in [0, 0.05) is 17.6 Å². The number of carboxylic acid groups (broad SMARTS) is 1. The van der Waals surface area contributed by atoms with Gasteiger partial charge < -0.3 is 5.11 Å². The summed E-state index contributed by atoms with van der Waals surface area (Å²) < 4.78 is 26.4. The first-order valence-electron chi connectivity index (χ1n) is 6.20. The second kappa shape index (κ2) is 6.56. The number of aliphatic carboxylic acids is 1. The quantitative estimate of drug-likeness (QED) is 0.874. The van der Waals surface area contributed by atoms with E-state index in [9.17, 15) is 13.2 Å². The van der Waals surface area contributed by atoms with Gasteiger partial charge >= 0.3 is 5.97 Å². The molecule has 0 saturated heterocycles. The maximum absolute atomic E-state index is 12.6. The lowest BCUT2D eigenvalue weighted by Gasteiger charge is -2.26. The molecule has 1 unspecified atom stereocenters. The molecule has 0 radical (unpaired) electrons. The Labute approximate surface area is 124 Å². The molecular weight excluding hydrogens is 302 g/mol. The smallest absolute Gasteiger partial charge is 0.304 e. The number of nitrogens with zero attached hydrogens (tertiary/aromatic N) is 1. The number of aryl methyl sites for hydroxylation is 1. The van der Waals surface area contributed by atoms with Gasteiger partial charge in [-0.2, -0.15) is 4.31 Å². The topological polar surface area (TPSA) is 74.7 Å². The molecule has 0 aliphatic carbocycles. The minimum Gasteiger partial charge on any atom is -0.481 e. The monoisotopic (exact) mass is 319 g/mol. The molecule has 0 aliphatic rings. The van der Waals surface area contributed by atoms with Crippen molar-refractivity contribution in [1.29, 1.82) is 0 Å². The number of halogens is 1. The van der Waals surface area contributed by atoms with Crippen LogP contribution in [-0.2, 0) is 14.8 Å². The molecule has 5 nitrogen and oxygen atoms in total. The number of carboxylic acids is 1. The average Bonchev–Trinajstić information content (AvgIpc) is 2.31. The molecule has 7 heteroatoms. The van der Waals surface area contributed by atoms with E-state index in [1.54, 1.807) is 32.9 Å². The largest absolute Gasteiger partial charge is 0.481 e. The summed E-state index contributed by atoms with van der Waals surface area (Å²) in [5.41, 5.74) is 0.579. The van der Waals surface area contributed by atoms with E-state index in [2.05, 4.69) is 0 Å². The summed E-state index contributed by atoms with van der Waals surface area (Å²) in [6.07, 6.45) is -0.243. The SMILES string of the molecule is CCN(C(C)CC(=O)O)S(=O)(=O)c1cc(Cl)ccc1C. The van der Waals surface area contributed by atoms with Crippen LogP contribution in [0.1, 0.15) is 25.8 Å². The van der Waals surface area contributed by atoms with Crippen molar-refractivity contribution >= 4 is 27.6 Å². The van der Waals surface area contributed by atoms with Gasteiger partial charge in [-0.1, -0.05) is 24.6 Å². The molecule has 20 heavy (non-hydrogen) atoms. The van der Waals surface area contributed by atoms with Crippen LogP contribution in [0.25, 0.3) is 0 Å². The maximum atomic E-state index is 12.6. The number of carbonyl (C=O) groups is 1. The number of hydrogen-bond acceptors (Lipinski definition) is 3. The van der Waals surface area contributed by atoms with Gasteiger partial charge in [0.05, 0.1) is 11.3 Å². The van der Waals surface area contributed by atoms with Crippen LogP contribution in [-0.4, -0.2) is 36.4 Å². The number of benzene rings is 1. The predicted octanol–water partition coefficient (Wildman–Crippen LogP) is 2.52. The summed E-state index contributed by atoms with van der Waals surface area (Å²) in [6, 6.07) is 4.01. The van der Waals surface area contributed by atoms with Crippen molar-refractivity contribution in [2.75, 3.05) is 6.54 Å². The van der Waals surface area contributed by atoms with E-state index in [-0.39, 0.29) is 17.9 Å². The van der Waals surface area contributed by atoms with Gasteiger partial charge in [-0.15, -0.1) is 0 Å². The van der Waals surface area contributed by atoms with E-state index in [1.807, 2.05) is 0 Å². The normalized spacial score (nSPS) is 13.4. The number of rotatable bonds is 6. The zero-order valence-electron chi connectivity index (χ0n) is 11.6. The first-order chi connectivity index (χ1) is 9.20. The highest BCUT2D eigenvalue weighted by Gasteiger charge is 2.30. The van der Waals surface area contributed by atoms with Gasteiger partial charge in [0.2, 0.25) is 10.0 Å². The number of sulfonamides is 1. The van der Waals surface area contributed by atoms with Crippen LogP contribution >= 0.6 is 11.6 Å². The van der Waals surface area contributed by atoms with Crippen molar-refractivity contribution in [3.05, 3.63) is 28.8 Å². The van der Waals surface area contributed by atoms with Gasteiger partial charge in [-0.05, 0) is 31.5 Å². The van der Waals surface area contributed by atoms with Crippen LogP contribution in [0.2, 0.25) is 5.02 Å². The van der Waals surface area contributed by atoms with Gasteiger partial charge in [-0.25, -0.2) is 8.42 Å². The lowest BCUT2D eigenvalue weighted by atomic mass is 10.2. The fourth-order valence-corrected chi connectivity index (χ4v) is 4.18. The molecule has 1 N–H and O–H groups in total. The Kier molecular flexibility index (Phi) is 5.56. The molecule has 112 valence electrons. The molecule has 0 aromatic heterocycles. The molecular formula is C13H18ClNO4S. The Morgan fingerprint density at radius 3 is 2.55 bits per heavy atom. The van der Waals surface area contributed by atoms with Crippen LogP contribution in [0.3, 0.4) is 0 Å². The lowest BCUT2D eigenvalue weighted by Crippen LogP contribution is -2.39. The standard InChI is InChI=1S/C13H18ClNO4S/c1-4-15(10(3)7-13(16)17)20(18,19)12-8-11(14)6-5-9(12)2/h5-6,8,10H,4,7H2,1-3H3,(H,16,17). The number of hydrogen-bond donors (Lipinski definition) is 1. The van der Waals surface area contributed by atoms with Gasteiger partial charge in [0.25, 0.3) is 0 Å². The third kappa shape index (κ3) is 3.71. The predicted molar refractivity (Wildman–Crippen MR) is 77.5 cm³/mol. The Hall–Kier alpha value is -1.11.